The summed E-state index contributed by atoms with van der Waals surface area (Å²) in [5, 5.41) is 6.68. The lowest BCUT2D eigenvalue weighted by molar-refractivity contribution is -0.121. The number of hydrogen-bond acceptors (Lipinski definition) is 5. The van der Waals surface area contributed by atoms with Crippen molar-refractivity contribution in [3.8, 4) is 11.4 Å². The van der Waals surface area contributed by atoms with E-state index in [1.54, 1.807) is 18.3 Å². The van der Waals surface area contributed by atoms with Crippen molar-refractivity contribution in [2.45, 2.75) is 19.3 Å². The van der Waals surface area contributed by atoms with E-state index >= 15 is 0 Å². The van der Waals surface area contributed by atoms with Gasteiger partial charge in [-0.3, -0.25) is 9.78 Å². The van der Waals surface area contributed by atoms with Crippen molar-refractivity contribution >= 4 is 5.91 Å². The number of rotatable bonds is 7. The van der Waals surface area contributed by atoms with Gasteiger partial charge in [-0.25, -0.2) is 4.39 Å². The lowest BCUT2D eigenvalue weighted by Gasteiger charge is -2.03. The number of benzene rings is 1. The number of nitrogens with zero attached hydrogens (tertiary/aromatic N) is 3. The van der Waals surface area contributed by atoms with E-state index in [1.807, 2.05) is 18.2 Å². The molecule has 0 spiro atoms. The summed E-state index contributed by atoms with van der Waals surface area (Å²) < 4.78 is 18.0. The molecule has 0 aliphatic heterocycles. The van der Waals surface area contributed by atoms with Crippen LogP contribution < -0.4 is 5.32 Å². The van der Waals surface area contributed by atoms with E-state index in [1.165, 1.54) is 12.1 Å². The molecular weight excluding hydrogens is 323 g/mol. The van der Waals surface area contributed by atoms with Crippen LogP contribution in [0, 0.1) is 5.82 Å². The van der Waals surface area contributed by atoms with E-state index in [9.17, 15) is 9.18 Å². The van der Waals surface area contributed by atoms with Gasteiger partial charge in [0.05, 0.1) is 0 Å². The van der Waals surface area contributed by atoms with Gasteiger partial charge in [-0.05, 0) is 36.4 Å². The Kier molecular flexibility index (Phi) is 5.46. The smallest absolute Gasteiger partial charge is 0.227 e. The van der Waals surface area contributed by atoms with Gasteiger partial charge >= 0.3 is 0 Å². The van der Waals surface area contributed by atoms with Crippen LogP contribution in [0.4, 0.5) is 4.39 Å². The van der Waals surface area contributed by atoms with Gasteiger partial charge in [-0.15, -0.1) is 0 Å². The largest absolute Gasteiger partial charge is 0.356 e. The van der Waals surface area contributed by atoms with E-state index in [-0.39, 0.29) is 18.1 Å². The molecule has 6 nitrogen and oxygen atoms in total. The van der Waals surface area contributed by atoms with Crippen LogP contribution in [-0.4, -0.2) is 27.6 Å². The Labute approximate surface area is 144 Å². The van der Waals surface area contributed by atoms with Crippen LogP contribution in [0.1, 0.15) is 18.0 Å². The highest BCUT2D eigenvalue weighted by atomic mass is 19.1. The molecule has 0 bridgehead atoms. The Bertz CT molecular complexity index is 819. The average molecular weight is 340 g/mol. The van der Waals surface area contributed by atoms with Crippen molar-refractivity contribution in [3.05, 3.63) is 66.1 Å². The fourth-order valence-electron chi connectivity index (χ4n) is 2.26. The molecule has 0 unspecified atom stereocenters. The molecule has 1 N–H and O–H groups in total. The van der Waals surface area contributed by atoms with Gasteiger partial charge in [-0.1, -0.05) is 11.2 Å². The molecule has 2 heterocycles. The number of amides is 1. The van der Waals surface area contributed by atoms with Crippen molar-refractivity contribution in [1.82, 2.24) is 20.4 Å². The topological polar surface area (TPSA) is 80.9 Å². The average Bonchev–Trinajstić information content (AvgIpc) is 3.10. The number of halogens is 1. The zero-order chi connectivity index (χ0) is 17.5. The lowest BCUT2D eigenvalue weighted by atomic mass is 10.2. The van der Waals surface area contributed by atoms with Gasteiger partial charge in [0.15, 0.2) is 0 Å². The molecule has 128 valence electrons. The molecule has 3 rings (SSSR count). The lowest BCUT2D eigenvalue weighted by Crippen LogP contribution is -2.26. The zero-order valence-corrected chi connectivity index (χ0v) is 13.5. The highest BCUT2D eigenvalue weighted by molar-refractivity contribution is 5.76. The minimum absolute atomic E-state index is 0.0857. The highest BCUT2D eigenvalue weighted by Gasteiger charge is 2.10. The summed E-state index contributed by atoms with van der Waals surface area (Å²) in [6.07, 6.45) is 3.02. The number of carbonyl (C=O) groups is 1. The Morgan fingerprint density at radius 2 is 1.96 bits per heavy atom. The van der Waals surface area contributed by atoms with E-state index in [0.29, 0.717) is 36.7 Å². The van der Waals surface area contributed by atoms with Crippen molar-refractivity contribution in [2.24, 2.45) is 0 Å². The van der Waals surface area contributed by atoms with Crippen LogP contribution >= 0.6 is 0 Å². The molecule has 0 aliphatic rings. The van der Waals surface area contributed by atoms with E-state index in [0.717, 1.165) is 5.69 Å². The predicted molar refractivity (Wildman–Crippen MR) is 89.0 cm³/mol. The molecule has 0 radical (unpaired) electrons. The van der Waals surface area contributed by atoms with Gasteiger partial charge in [0.2, 0.25) is 17.6 Å². The Morgan fingerprint density at radius 3 is 2.72 bits per heavy atom. The Morgan fingerprint density at radius 1 is 1.12 bits per heavy atom. The number of carbonyl (C=O) groups excluding carboxylic acids is 1. The maximum atomic E-state index is 12.9. The molecule has 2 aromatic heterocycles. The maximum Gasteiger partial charge on any atom is 0.227 e. The fourth-order valence-corrected chi connectivity index (χ4v) is 2.26. The predicted octanol–water partition coefficient (Wildman–Crippen LogP) is 2.56. The first-order valence-electron chi connectivity index (χ1n) is 7.96. The van der Waals surface area contributed by atoms with Gasteiger partial charge in [-0.2, -0.15) is 4.98 Å². The van der Waals surface area contributed by atoms with Crippen LogP contribution in [0.2, 0.25) is 0 Å². The maximum absolute atomic E-state index is 12.9. The second kappa shape index (κ2) is 8.14. The van der Waals surface area contributed by atoms with Crippen LogP contribution in [0.5, 0.6) is 0 Å². The molecule has 1 amide bonds. The number of hydrogen-bond donors (Lipinski definition) is 1. The van der Waals surface area contributed by atoms with Crippen LogP contribution in [0.3, 0.4) is 0 Å². The summed E-state index contributed by atoms with van der Waals surface area (Å²) in [6, 6.07) is 11.5. The summed E-state index contributed by atoms with van der Waals surface area (Å²) >= 11 is 0. The Balaban J connectivity index is 1.44. The molecule has 25 heavy (non-hydrogen) atoms. The number of nitrogens with one attached hydrogen (secondary N) is 1. The number of pyridine rings is 1. The minimum Gasteiger partial charge on any atom is -0.356 e. The van der Waals surface area contributed by atoms with E-state index in [2.05, 4.69) is 20.4 Å². The number of aromatic nitrogens is 3. The van der Waals surface area contributed by atoms with Crippen molar-refractivity contribution < 1.29 is 13.7 Å². The van der Waals surface area contributed by atoms with E-state index in [4.69, 9.17) is 4.52 Å². The highest BCUT2D eigenvalue weighted by Crippen LogP contribution is 2.16. The molecular formula is C18H17FN4O2. The standard InChI is InChI=1S/C18H17FN4O2/c19-14-6-4-13(5-7-14)18-22-17(25-23-18)9-8-16(24)21-12-10-15-3-1-2-11-20-15/h1-7,11H,8-10,12H2,(H,21,24). The van der Waals surface area contributed by atoms with Gasteiger partial charge in [0.25, 0.3) is 0 Å². The van der Waals surface area contributed by atoms with Crippen LogP contribution in [-0.2, 0) is 17.6 Å². The summed E-state index contributed by atoms with van der Waals surface area (Å²) in [7, 11) is 0. The molecule has 0 fully saturated rings. The third-order valence-electron chi connectivity index (χ3n) is 3.57. The summed E-state index contributed by atoms with van der Waals surface area (Å²) in [4.78, 5) is 20.3. The number of aryl methyl sites for hydroxylation is 1. The third kappa shape index (κ3) is 4.94. The molecule has 0 saturated heterocycles. The summed E-state index contributed by atoms with van der Waals surface area (Å²) in [5.74, 6) is 0.345. The molecule has 7 heteroatoms. The van der Waals surface area contributed by atoms with Gasteiger partial charge in [0, 0.05) is 43.3 Å². The molecule has 1 aromatic carbocycles. The normalized spacial score (nSPS) is 10.6. The van der Waals surface area contributed by atoms with Crippen LogP contribution in [0.15, 0.2) is 53.2 Å². The first-order valence-corrected chi connectivity index (χ1v) is 7.96. The van der Waals surface area contributed by atoms with E-state index < -0.39 is 0 Å². The molecule has 0 atom stereocenters. The molecule has 3 aromatic rings. The van der Waals surface area contributed by atoms with Crippen LogP contribution in [0.25, 0.3) is 11.4 Å². The monoisotopic (exact) mass is 340 g/mol. The SMILES string of the molecule is O=C(CCc1nc(-c2ccc(F)cc2)no1)NCCc1ccccn1. The second-order valence-corrected chi connectivity index (χ2v) is 5.44. The molecule has 0 aliphatic carbocycles. The second-order valence-electron chi connectivity index (χ2n) is 5.44. The molecule has 0 saturated carbocycles. The minimum atomic E-state index is -0.324. The van der Waals surface area contributed by atoms with Crippen molar-refractivity contribution in [2.75, 3.05) is 6.54 Å². The summed E-state index contributed by atoms with van der Waals surface area (Å²) in [5.41, 5.74) is 1.60. The Hall–Kier alpha value is -3.09. The third-order valence-corrected chi connectivity index (χ3v) is 3.57. The first kappa shape index (κ1) is 16.8. The van der Waals surface area contributed by atoms with Gasteiger partial charge in [0.1, 0.15) is 5.82 Å². The summed E-state index contributed by atoms with van der Waals surface area (Å²) in [6.45, 7) is 0.528. The van der Waals surface area contributed by atoms with Crippen molar-refractivity contribution in [1.29, 1.82) is 0 Å². The van der Waals surface area contributed by atoms with Gasteiger partial charge < -0.3 is 9.84 Å². The zero-order valence-electron chi connectivity index (χ0n) is 13.5. The fraction of sp³-hybridized carbons (Fsp3) is 0.222. The first-order chi connectivity index (χ1) is 12.2. The van der Waals surface area contributed by atoms with Crippen molar-refractivity contribution in [3.63, 3.8) is 0 Å². The quantitative estimate of drug-likeness (QED) is 0.715.